The van der Waals surface area contributed by atoms with Gasteiger partial charge in [-0.05, 0) is 61.9 Å². The third-order valence-electron chi connectivity index (χ3n) is 3.56. The van der Waals surface area contributed by atoms with Crippen molar-refractivity contribution >= 4 is 27.2 Å². The number of hydrogen-bond acceptors (Lipinski definition) is 4. The second kappa shape index (κ2) is 8.02. The van der Waals surface area contributed by atoms with Gasteiger partial charge in [-0.3, -0.25) is 9.59 Å². The van der Waals surface area contributed by atoms with Crippen molar-refractivity contribution in [2.75, 3.05) is 11.1 Å². The summed E-state index contributed by atoms with van der Waals surface area (Å²) in [5.74, 6) is -1.09. The number of ketones is 1. The van der Waals surface area contributed by atoms with Crippen molar-refractivity contribution in [3.63, 3.8) is 0 Å². The molecule has 5 nitrogen and oxygen atoms in total. The number of hydrogen-bond donors (Lipinski definition) is 1. The van der Waals surface area contributed by atoms with Gasteiger partial charge in [-0.15, -0.1) is 0 Å². The van der Waals surface area contributed by atoms with Crippen LogP contribution < -0.4 is 5.32 Å². The van der Waals surface area contributed by atoms with Gasteiger partial charge in [-0.1, -0.05) is 0 Å². The van der Waals surface area contributed by atoms with E-state index in [0.29, 0.717) is 11.3 Å². The minimum Gasteiger partial charge on any atom is -0.326 e. The Morgan fingerprint density at radius 2 is 1.60 bits per heavy atom. The molecular weight excluding hydrogens is 345 g/mol. The molecular formula is C18H18FNO4S. The Morgan fingerprint density at radius 1 is 1.00 bits per heavy atom. The molecule has 0 saturated carbocycles. The van der Waals surface area contributed by atoms with E-state index in [1.807, 2.05) is 0 Å². The molecule has 0 aliphatic heterocycles. The molecule has 25 heavy (non-hydrogen) atoms. The highest BCUT2D eigenvalue weighted by atomic mass is 32.2. The molecule has 0 saturated heterocycles. The molecule has 2 rings (SSSR count). The van der Waals surface area contributed by atoms with Gasteiger partial charge in [0.15, 0.2) is 15.6 Å². The maximum Gasteiger partial charge on any atom is 0.224 e. The Balaban J connectivity index is 1.85. The number of rotatable bonds is 7. The number of sulfone groups is 1. The zero-order chi connectivity index (χ0) is 18.4. The lowest BCUT2D eigenvalue weighted by Crippen LogP contribution is -2.14. The van der Waals surface area contributed by atoms with E-state index in [1.54, 1.807) is 24.3 Å². The fourth-order valence-electron chi connectivity index (χ4n) is 2.19. The third-order valence-corrected chi connectivity index (χ3v) is 5.38. The molecule has 0 fully saturated rings. The Morgan fingerprint density at radius 3 is 2.16 bits per heavy atom. The quantitative estimate of drug-likeness (QED) is 0.605. The van der Waals surface area contributed by atoms with Crippen LogP contribution in [0.25, 0.3) is 0 Å². The summed E-state index contributed by atoms with van der Waals surface area (Å²) < 4.78 is 37.0. The van der Waals surface area contributed by atoms with Crippen LogP contribution in [0.3, 0.4) is 0 Å². The average molecular weight is 363 g/mol. The SMILES string of the molecule is CC(=O)c1ccc(NC(=O)CCCS(=O)(=O)c2ccc(F)cc2)cc1. The summed E-state index contributed by atoms with van der Waals surface area (Å²) in [6, 6.07) is 11.0. The Bertz CT molecular complexity index is 859. The Kier molecular flexibility index (Phi) is 6.03. The van der Waals surface area contributed by atoms with Gasteiger partial charge in [-0.25, -0.2) is 12.8 Å². The highest BCUT2D eigenvalue weighted by Gasteiger charge is 2.15. The molecule has 1 amide bonds. The molecule has 132 valence electrons. The van der Waals surface area contributed by atoms with Crippen LogP contribution in [0.5, 0.6) is 0 Å². The summed E-state index contributed by atoms with van der Waals surface area (Å²) in [4.78, 5) is 23.1. The number of Topliss-reactive ketones (excluding diaryl/α,β-unsaturated/α-hetero) is 1. The van der Waals surface area contributed by atoms with Crippen LogP contribution in [0.4, 0.5) is 10.1 Å². The van der Waals surface area contributed by atoms with Crippen LogP contribution in [-0.4, -0.2) is 25.9 Å². The van der Waals surface area contributed by atoms with Gasteiger partial charge in [0.1, 0.15) is 5.82 Å². The number of benzene rings is 2. The van der Waals surface area contributed by atoms with Crippen molar-refractivity contribution < 1.29 is 22.4 Å². The van der Waals surface area contributed by atoms with Crippen molar-refractivity contribution in [1.82, 2.24) is 0 Å². The highest BCUT2D eigenvalue weighted by Crippen LogP contribution is 2.14. The first-order valence-corrected chi connectivity index (χ1v) is 9.32. The van der Waals surface area contributed by atoms with Crippen LogP contribution >= 0.6 is 0 Å². The van der Waals surface area contributed by atoms with Crippen molar-refractivity contribution in [1.29, 1.82) is 0 Å². The van der Waals surface area contributed by atoms with E-state index >= 15 is 0 Å². The molecule has 2 aromatic carbocycles. The molecule has 0 radical (unpaired) electrons. The van der Waals surface area contributed by atoms with E-state index in [2.05, 4.69) is 5.32 Å². The summed E-state index contributed by atoms with van der Waals surface area (Å²) in [6.07, 6.45) is 0.186. The lowest BCUT2D eigenvalue weighted by atomic mass is 10.1. The lowest BCUT2D eigenvalue weighted by molar-refractivity contribution is -0.116. The standard InChI is InChI=1S/C18H18FNO4S/c1-13(21)14-4-8-16(9-5-14)20-18(22)3-2-12-25(23,24)17-10-6-15(19)7-11-17/h4-11H,2-3,12H2,1H3,(H,20,22). The maximum absolute atomic E-state index is 12.8. The second-order valence-corrected chi connectivity index (χ2v) is 7.67. The maximum atomic E-state index is 12.8. The molecule has 0 atom stereocenters. The monoisotopic (exact) mass is 363 g/mol. The first-order chi connectivity index (χ1) is 11.8. The fourth-order valence-corrected chi connectivity index (χ4v) is 3.51. The summed E-state index contributed by atoms with van der Waals surface area (Å²) in [5, 5.41) is 2.65. The van der Waals surface area contributed by atoms with E-state index in [4.69, 9.17) is 0 Å². The number of carbonyl (C=O) groups is 2. The van der Waals surface area contributed by atoms with Gasteiger partial charge in [0.05, 0.1) is 10.6 Å². The summed E-state index contributed by atoms with van der Waals surface area (Å²) in [7, 11) is -3.54. The van der Waals surface area contributed by atoms with Crippen molar-refractivity contribution in [2.24, 2.45) is 0 Å². The minimum atomic E-state index is -3.54. The fraction of sp³-hybridized carbons (Fsp3) is 0.222. The molecule has 0 spiro atoms. The molecule has 7 heteroatoms. The summed E-state index contributed by atoms with van der Waals surface area (Å²) in [5.41, 5.74) is 1.08. The zero-order valence-electron chi connectivity index (χ0n) is 13.7. The van der Waals surface area contributed by atoms with Crippen LogP contribution in [-0.2, 0) is 14.6 Å². The van der Waals surface area contributed by atoms with E-state index in [9.17, 15) is 22.4 Å². The van der Waals surface area contributed by atoms with E-state index in [1.165, 1.54) is 19.1 Å². The topological polar surface area (TPSA) is 80.3 Å². The van der Waals surface area contributed by atoms with Crippen LogP contribution in [0.2, 0.25) is 0 Å². The number of halogens is 1. The van der Waals surface area contributed by atoms with Gasteiger partial charge in [0, 0.05) is 17.7 Å². The average Bonchev–Trinajstić information content (AvgIpc) is 2.55. The summed E-state index contributed by atoms with van der Waals surface area (Å²) >= 11 is 0. The van der Waals surface area contributed by atoms with Crippen LogP contribution in [0, 0.1) is 5.82 Å². The molecule has 2 aromatic rings. The molecule has 1 N–H and O–H groups in total. The molecule has 0 aliphatic carbocycles. The van der Waals surface area contributed by atoms with Crippen LogP contribution in [0.15, 0.2) is 53.4 Å². The smallest absolute Gasteiger partial charge is 0.224 e. The molecule has 0 heterocycles. The third kappa shape index (κ3) is 5.49. The van der Waals surface area contributed by atoms with Gasteiger partial charge < -0.3 is 5.32 Å². The van der Waals surface area contributed by atoms with Gasteiger partial charge in [0.2, 0.25) is 5.91 Å². The highest BCUT2D eigenvalue weighted by molar-refractivity contribution is 7.91. The molecule has 0 bridgehead atoms. The predicted octanol–water partition coefficient (Wildman–Crippen LogP) is 3.22. The number of amides is 1. The van der Waals surface area contributed by atoms with Gasteiger partial charge in [0.25, 0.3) is 0 Å². The zero-order valence-corrected chi connectivity index (χ0v) is 14.5. The number of carbonyl (C=O) groups excluding carboxylic acids is 2. The number of anilines is 1. The normalized spacial score (nSPS) is 11.1. The molecule has 0 aliphatic rings. The van der Waals surface area contributed by atoms with E-state index < -0.39 is 15.7 Å². The van der Waals surface area contributed by atoms with Crippen molar-refractivity contribution in [3.05, 3.63) is 59.9 Å². The predicted molar refractivity (Wildman–Crippen MR) is 92.8 cm³/mol. The van der Waals surface area contributed by atoms with Crippen molar-refractivity contribution in [3.8, 4) is 0 Å². The molecule has 0 aromatic heterocycles. The largest absolute Gasteiger partial charge is 0.326 e. The van der Waals surface area contributed by atoms with Gasteiger partial charge in [-0.2, -0.15) is 0 Å². The van der Waals surface area contributed by atoms with E-state index in [-0.39, 0.29) is 35.2 Å². The van der Waals surface area contributed by atoms with Crippen LogP contribution in [0.1, 0.15) is 30.1 Å². The van der Waals surface area contributed by atoms with Crippen molar-refractivity contribution in [2.45, 2.75) is 24.7 Å². The Labute approximate surface area is 145 Å². The van der Waals surface area contributed by atoms with E-state index in [0.717, 1.165) is 12.1 Å². The number of nitrogens with one attached hydrogen (secondary N) is 1. The first kappa shape index (κ1) is 18.8. The first-order valence-electron chi connectivity index (χ1n) is 7.67. The van der Waals surface area contributed by atoms with Gasteiger partial charge >= 0.3 is 0 Å². The second-order valence-electron chi connectivity index (χ2n) is 5.56. The minimum absolute atomic E-state index is 0.0362. The molecule has 0 unspecified atom stereocenters. The lowest BCUT2D eigenvalue weighted by Gasteiger charge is -2.07. The Hall–Kier alpha value is -2.54. The summed E-state index contributed by atoms with van der Waals surface area (Å²) in [6.45, 7) is 1.45.